The third-order valence-corrected chi connectivity index (χ3v) is 3.94. The first kappa shape index (κ1) is 15.1. The van der Waals surface area contributed by atoms with Crippen LogP contribution in [0.15, 0.2) is 42.6 Å². The van der Waals surface area contributed by atoms with E-state index in [1.807, 2.05) is 24.4 Å². The summed E-state index contributed by atoms with van der Waals surface area (Å²) in [4.78, 5) is 13.2. The number of aryl methyl sites for hydroxylation is 1. The Bertz CT molecular complexity index is 830. The van der Waals surface area contributed by atoms with Gasteiger partial charge in [-0.1, -0.05) is 18.2 Å². The summed E-state index contributed by atoms with van der Waals surface area (Å²) in [5.41, 5.74) is 2.40. The highest BCUT2D eigenvalue weighted by molar-refractivity contribution is 5.81. The van der Waals surface area contributed by atoms with Crippen LogP contribution >= 0.6 is 0 Å². The molecule has 2 heterocycles. The lowest BCUT2D eigenvalue weighted by Crippen LogP contribution is -2.26. The molecule has 2 aromatic heterocycles. The zero-order valence-corrected chi connectivity index (χ0v) is 13.7. The molecule has 0 saturated heterocycles. The molecule has 0 radical (unpaired) electrons. The van der Waals surface area contributed by atoms with Crippen molar-refractivity contribution in [1.29, 1.82) is 0 Å². The van der Waals surface area contributed by atoms with Crippen LogP contribution in [0.1, 0.15) is 5.69 Å². The van der Waals surface area contributed by atoms with Gasteiger partial charge >= 0.3 is 0 Å². The van der Waals surface area contributed by atoms with E-state index in [4.69, 9.17) is 0 Å². The SMILES string of the molecule is CN(C)C(=O)Cn1ccc(NCc2cc3ccccc3n2C)n1. The van der Waals surface area contributed by atoms with Gasteiger partial charge in [0.25, 0.3) is 0 Å². The molecule has 0 atom stereocenters. The molecule has 0 unspecified atom stereocenters. The molecule has 6 heteroatoms. The fourth-order valence-corrected chi connectivity index (χ4v) is 2.52. The Kier molecular flexibility index (Phi) is 4.06. The van der Waals surface area contributed by atoms with Crippen LogP contribution in [0.3, 0.4) is 0 Å². The number of para-hydroxylation sites is 1. The second-order valence-corrected chi connectivity index (χ2v) is 5.79. The normalized spacial score (nSPS) is 10.9. The number of nitrogens with one attached hydrogen (secondary N) is 1. The van der Waals surface area contributed by atoms with Crippen molar-refractivity contribution in [3.63, 3.8) is 0 Å². The van der Waals surface area contributed by atoms with Crippen LogP contribution in [0, 0.1) is 0 Å². The quantitative estimate of drug-likeness (QED) is 0.785. The average molecular weight is 311 g/mol. The number of nitrogens with zero attached hydrogens (tertiary/aromatic N) is 4. The smallest absolute Gasteiger partial charge is 0.243 e. The monoisotopic (exact) mass is 311 g/mol. The van der Waals surface area contributed by atoms with Gasteiger partial charge in [-0.3, -0.25) is 9.48 Å². The standard InChI is InChI=1S/C17H21N5O/c1-20(2)17(23)12-22-9-8-16(19-22)18-11-14-10-13-6-4-5-7-15(13)21(14)3/h4-10H,11-12H2,1-3H3,(H,18,19). The minimum atomic E-state index is 0.0216. The van der Waals surface area contributed by atoms with E-state index in [-0.39, 0.29) is 12.5 Å². The predicted octanol–water partition coefficient (Wildman–Crippen LogP) is 2.08. The molecule has 0 spiro atoms. The summed E-state index contributed by atoms with van der Waals surface area (Å²) in [5.74, 6) is 0.787. The third-order valence-electron chi connectivity index (χ3n) is 3.94. The van der Waals surface area contributed by atoms with E-state index in [2.05, 4.69) is 40.2 Å². The van der Waals surface area contributed by atoms with Crippen LogP contribution in [0.4, 0.5) is 5.82 Å². The maximum absolute atomic E-state index is 11.7. The van der Waals surface area contributed by atoms with Crippen LogP contribution < -0.4 is 5.32 Å². The summed E-state index contributed by atoms with van der Waals surface area (Å²) in [6, 6.07) is 12.4. The number of hydrogen-bond donors (Lipinski definition) is 1. The van der Waals surface area contributed by atoms with Crippen molar-refractivity contribution < 1.29 is 4.79 Å². The first-order chi connectivity index (χ1) is 11.0. The number of aromatic nitrogens is 3. The Balaban J connectivity index is 1.67. The molecular formula is C17H21N5O. The van der Waals surface area contributed by atoms with Crippen molar-refractivity contribution in [2.24, 2.45) is 7.05 Å². The summed E-state index contributed by atoms with van der Waals surface area (Å²) in [5, 5.41) is 8.92. The molecule has 6 nitrogen and oxygen atoms in total. The average Bonchev–Trinajstić information content (AvgIpc) is 3.10. The maximum Gasteiger partial charge on any atom is 0.243 e. The summed E-state index contributed by atoms with van der Waals surface area (Å²) >= 11 is 0. The number of likely N-dealkylation sites (N-methyl/N-ethyl adjacent to an activating group) is 1. The van der Waals surface area contributed by atoms with E-state index in [0.717, 1.165) is 5.82 Å². The number of carbonyl (C=O) groups excluding carboxylic acids is 1. The molecule has 0 aliphatic heterocycles. The van der Waals surface area contributed by atoms with Gasteiger partial charge in [0.15, 0.2) is 0 Å². The minimum Gasteiger partial charge on any atom is -0.363 e. The molecule has 0 saturated carbocycles. The number of carbonyl (C=O) groups is 1. The summed E-state index contributed by atoms with van der Waals surface area (Å²) < 4.78 is 3.82. The molecule has 3 aromatic rings. The fraction of sp³-hybridized carbons (Fsp3) is 0.294. The van der Waals surface area contributed by atoms with Gasteiger partial charge in [0, 0.05) is 44.6 Å². The Morgan fingerprint density at radius 1 is 1.26 bits per heavy atom. The highest BCUT2D eigenvalue weighted by Gasteiger charge is 2.08. The van der Waals surface area contributed by atoms with Crippen molar-refractivity contribution in [3.05, 3.63) is 48.3 Å². The lowest BCUT2D eigenvalue weighted by molar-refractivity contribution is -0.129. The van der Waals surface area contributed by atoms with E-state index in [1.165, 1.54) is 16.6 Å². The molecule has 0 aliphatic rings. The topological polar surface area (TPSA) is 55.1 Å². The molecule has 3 rings (SSSR count). The van der Waals surface area contributed by atoms with Gasteiger partial charge in [-0.2, -0.15) is 5.10 Å². The largest absolute Gasteiger partial charge is 0.363 e. The molecular weight excluding hydrogens is 290 g/mol. The summed E-state index contributed by atoms with van der Waals surface area (Å²) in [6.07, 6.45) is 1.81. The predicted molar refractivity (Wildman–Crippen MR) is 91.2 cm³/mol. The van der Waals surface area contributed by atoms with Crippen LogP contribution in [0.2, 0.25) is 0 Å². The second-order valence-electron chi connectivity index (χ2n) is 5.79. The minimum absolute atomic E-state index is 0.0216. The highest BCUT2D eigenvalue weighted by atomic mass is 16.2. The van der Waals surface area contributed by atoms with E-state index in [0.29, 0.717) is 6.54 Å². The van der Waals surface area contributed by atoms with Crippen molar-refractivity contribution in [3.8, 4) is 0 Å². The molecule has 0 bridgehead atoms. The van der Waals surface area contributed by atoms with E-state index < -0.39 is 0 Å². The van der Waals surface area contributed by atoms with Crippen LogP contribution in [-0.4, -0.2) is 39.3 Å². The Hall–Kier alpha value is -2.76. The Morgan fingerprint density at radius 3 is 2.78 bits per heavy atom. The van der Waals surface area contributed by atoms with E-state index in [9.17, 15) is 4.79 Å². The second kappa shape index (κ2) is 6.16. The number of anilines is 1. The molecule has 1 amide bonds. The first-order valence-corrected chi connectivity index (χ1v) is 7.55. The number of fused-ring (bicyclic) bond motifs is 1. The Labute approximate surface area is 135 Å². The number of benzene rings is 1. The molecule has 1 N–H and O–H groups in total. The maximum atomic E-state index is 11.7. The zero-order valence-electron chi connectivity index (χ0n) is 13.7. The van der Waals surface area contributed by atoms with Gasteiger partial charge in [0.1, 0.15) is 12.4 Å². The molecule has 120 valence electrons. The van der Waals surface area contributed by atoms with Crippen molar-refractivity contribution >= 4 is 22.6 Å². The van der Waals surface area contributed by atoms with Gasteiger partial charge < -0.3 is 14.8 Å². The van der Waals surface area contributed by atoms with Crippen LogP contribution in [-0.2, 0) is 24.9 Å². The zero-order chi connectivity index (χ0) is 16.4. The molecule has 0 aliphatic carbocycles. The van der Waals surface area contributed by atoms with Crippen LogP contribution in [0.5, 0.6) is 0 Å². The molecule has 1 aromatic carbocycles. The lowest BCUT2D eigenvalue weighted by Gasteiger charge is -2.09. The van der Waals surface area contributed by atoms with E-state index in [1.54, 1.807) is 23.7 Å². The van der Waals surface area contributed by atoms with Crippen molar-refractivity contribution in [2.75, 3.05) is 19.4 Å². The van der Waals surface area contributed by atoms with E-state index >= 15 is 0 Å². The summed E-state index contributed by atoms with van der Waals surface area (Å²) in [7, 11) is 5.55. The van der Waals surface area contributed by atoms with Gasteiger partial charge in [-0.15, -0.1) is 0 Å². The van der Waals surface area contributed by atoms with Gasteiger partial charge in [-0.25, -0.2) is 0 Å². The molecule has 23 heavy (non-hydrogen) atoms. The van der Waals surface area contributed by atoms with Gasteiger partial charge in [0.2, 0.25) is 5.91 Å². The van der Waals surface area contributed by atoms with Gasteiger partial charge in [-0.05, 0) is 17.5 Å². The lowest BCUT2D eigenvalue weighted by atomic mass is 10.2. The summed E-state index contributed by atoms with van der Waals surface area (Å²) in [6.45, 7) is 0.937. The van der Waals surface area contributed by atoms with Crippen molar-refractivity contribution in [2.45, 2.75) is 13.1 Å². The van der Waals surface area contributed by atoms with Crippen LogP contribution in [0.25, 0.3) is 10.9 Å². The van der Waals surface area contributed by atoms with Crippen molar-refractivity contribution in [1.82, 2.24) is 19.2 Å². The molecule has 0 fully saturated rings. The first-order valence-electron chi connectivity index (χ1n) is 7.55. The third kappa shape index (κ3) is 3.21. The van der Waals surface area contributed by atoms with Gasteiger partial charge in [0.05, 0.1) is 6.54 Å². The Morgan fingerprint density at radius 2 is 2.04 bits per heavy atom. The number of hydrogen-bond acceptors (Lipinski definition) is 3. The number of amides is 1. The fourth-order valence-electron chi connectivity index (χ4n) is 2.52. The number of rotatable bonds is 5. The highest BCUT2D eigenvalue weighted by Crippen LogP contribution is 2.19.